The van der Waals surface area contributed by atoms with Gasteiger partial charge >= 0.3 is 0 Å². The molecule has 1 fully saturated rings. The minimum Gasteiger partial charge on any atom is -0.356 e. The molecule has 0 spiro atoms. The molecule has 0 bridgehead atoms. The second-order valence-corrected chi connectivity index (χ2v) is 7.80. The van der Waals surface area contributed by atoms with E-state index in [0.29, 0.717) is 12.6 Å². The van der Waals surface area contributed by atoms with Gasteiger partial charge in [-0.1, -0.05) is 43.7 Å². The number of aliphatic imine (C=N–C) groups is 1. The van der Waals surface area contributed by atoms with Crippen molar-refractivity contribution >= 4 is 5.96 Å². The lowest BCUT2D eigenvalue weighted by Gasteiger charge is -2.25. The van der Waals surface area contributed by atoms with Crippen molar-refractivity contribution in [3.63, 3.8) is 0 Å². The Morgan fingerprint density at radius 3 is 2.76 bits per heavy atom. The summed E-state index contributed by atoms with van der Waals surface area (Å²) >= 11 is 0. The number of aromatic nitrogens is 3. The molecule has 7 heteroatoms. The molecule has 1 aromatic heterocycles. The van der Waals surface area contributed by atoms with E-state index in [1.165, 1.54) is 18.4 Å². The first-order valence-electron chi connectivity index (χ1n) is 10.8. The highest BCUT2D eigenvalue weighted by Crippen LogP contribution is 2.19. The molecule has 1 saturated heterocycles. The van der Waals surface area contributed by atoms with E-state index < -0.39 is 0 Å². The van der Waals surface area contributed by atoms with Gasteiger partial charge in [0.25, 0.3) is 0 Å². The fourth-order valence-electron chi connectivity index (χ4n) is 3.66. The van der Waals surface area contributed by atoms with Gasteiger partial charge in [-0.3, -0.25) is 4.90 Å². The van der Waals surface area contributed by atoms with Gasteiger partial charge in [0.2, 0.25) is 0 Å². The molecule has 7 nitrogen and oxygen atoms in total. The molecule has 0 amide bonds. The summed E-state index contributed by atoms with van der Waals surface area (Å²) in [4.78, 5) is 7.34. The van der Waals surface area contributed by atoms with Crippen molar-refractivity contribution in [2.75, 3.05) is 19.6 Å². The Morgan fingerprint density at radius 2 is 2.03 bits per heavy atom. The predicted octanol–water partition coefficient (Wildman–Crippen LogP) is 2.62. The van der Waals surface area contributed by atoms with Crippen LogP contribution in [-0.4, -0.2) is 51.3 Å². The van der Waals surface area contributed by atoms with Crippen LogP contribution in [0, 0.1) is 6.92 Å². The van der Waals surface area contributed by atoms with Crippen molar-refractivity contribution in [3.8, 4) is 0 Å². The molecule has 1 aliphatic heterocycles. The van der Waals surface area contributed by atoms with Gasteiger partial charge in [-0.05, 0) is 38.3 Å². The number of hydrogen-bond acceptors (Lipinski definition) is 4. The molecule has 2 aromatic rings. The van der Waals surface area contributed by atoms with Gasteiger partial charge in [-0.2, -0.15) is 0 Å². The summed E-state index contributed by atoms with van der Waals surface area (Å²) < 4.78 is 1.99. The number of rotatable bonds is 9. The maximum absolute atomic E-state index is 4.76. The van der Waals surface area contributed by atoms with Crippen LogP contribution in [0.5, 0.6) is 0 Å². The van der Waals surface area contributed by atoms with Crippen molar-refractivity contribution < 1.29 is 0 Å². The SMILES string of the molecule is CCCCNC(=NCc1nnc(C)n1C)NCC1CCCN1Cc1ccccc1. The molecule has 3 rings (SSSR count). The molecule has 158 valence electrons. The van der Waals surface area contributed by atoms with E-state index in [9.17, 15) is 0 Å². The molecule has 0 saturated carbocycles. The van der Waals surface area contributed by atoms with E-state index >= 15 is 0 Å². The van der Waals surface area contributed by atoms with Crippen molar-refractivity contribution in [2.24, 2.45) is 12.0 Å². The topological polar surface area (TPSA) is 70.4 Å². The summed E-state index contributed by atoms with van der Waals surface area (Å²) in [5.41, 5.74) is 1.38. The lowest BCUT2D eigenvalue weighted by molar-refractivity contribution is 0.245. The normalized spacial score (nSPS) is 17.6. The van der Waals surface area contributed by atoms with E-state index in [2.05, 4.69) is 63.0 Å². The molecule has 29 heavy (non-hydrogen) atoms. The van der Waals surface area contributed by atoms with Crippen molar-refractivity contribution in [1.29, 1.82) is 0 Å². The minimum absolute atomic E-state index is 0.525. The molecule has 1 unspecified atom stereocenters. The van der Waals surface area contributed by atoms with Crippen LogP contribution in [0.25, 0.3) is 0 Å². The first-order chi connectivity index (χ1) is 14.2. The molecule has 2 heterocycles. The number of nitrogens with one attached hydrogen (secondary N) is 2. The highest BCUT2D eigenvalue weighted by atomic mass is 15.3. The molecular weight excluding hydrogens is 362 g/mol. The minimum atomic E-state index is 0.525. The Balaban J connectivity index is 1.57. The second-order valence-electron chi connectivity index (χ2n) is 7.80. The Kier molecular flexibility index (Phi) is 8.04. The van der Waals surface area contributed by atoms with Gasteiger partial charge in [-0.15, -0.1) is 10.2 Å². The van der Waals surface area contributed by atoms with Gasteiger partial charge < -0.3 is 15.2 Å². The molecule has 2 N–H and O–H groups in total. The van der Waals surface area contributed by atoms with Crippen molar-refractivity contribution in [2.45, 2.75) is 58.7 Å². The third-order valence-electron chi connectivity index (χ3n) is 5.62. The van der Waals surface area contributed by atoms with Gasteiger partial charge in [0.05, 0.1) is 0 Å². The standard InChI is InChI=1S/C22H35N7/c1-4-5-13-23-22(25-16-21-27-26-18(2)28(21)3)24-15-20-12-9-14-29(20)17-19-10-7-6-8-11-19/h6-8,10-11,20H,4-5,9,12-17H2,1-3H3,(H2,23,24,25). The number of aryl methyl sites for hydroxylation is 1. The van der Waals surface area contributed by atoms with E-state index in [-0.39, 0.29) is 0 Å². The van der Waals surface area contributed by atoms with Crippen LogP contribution in [0.3, 0.4) is 0 Å². The maximum atomic E-state index is 4.76. The van der Waals surface area contributed by atoms with E-state index in [1.54, 1.807) is 0 Å². The highest BCUT2D eigenvalue weighted by molar-refractivity contribution is 5.79. The average Bonchev–Trinajstić information content (AvgIpc) is 3.31. The number of benzene rings is 1. The molecule has 1 aromatic carbocycles. The Hall–Kier alpha value is -2.41. The Bertz CT molecular complexity index is 769. The van der Waals surface area contributed by atoms with Gasteiger partial charge in [0, 0.05) is 32.7 Å². The summed E-state index contributed by atoms with van der Waals surface area (Å²) in [6, 6.07) is 11.3. The summed E-state index contributed by atoms with van der Waals surface area (Å²) in [6.07, 6.45) is 4.78. The first kappa shape index (κ1) is 21.3. The monoisotopic (exact) mass is 397 g/mol. The van der Waals surface area contributed by atoms with Crippen LogP contribution in [0.2, 0.25) is 0 Å². The Morgan fingerprint density at radius 1 is 1.21 bits per heavy atom. The van der Waals surface area contributed by atoms with Crippen LogP contribution in [-0.2, 0) is 20.1 Å². The largest absolute Gasteiger partial charge is 0.356 e. The van der Waals surface area contributed by atoms with Gasteiger partial charge in [-0.25, -0.2) is 4.99 Å². The van der Waals surface area contributed by atoms with E-state index in [0.717, 1.165) is 56.6 Å². The average molecular weight is 398 g/mol. The van der Waals surface area contributed by atoms with Crippen molar-refractivity contribution in [3.05, 3.63) is 47.5 Å². The number of likely N-dealkylation sites (tertiary alicyclic amines) is 1. The third kappa shape index (κ3) is 6.29. The molecule has 0 radical (unpaired) electrons. The lowest BCUT2D eigenvalue weighted by Crippen LogP contribution is -2.45. The van der Waals surface area contributed by atoms with Crippen molar-refractivity contribution in [1.82, 2.24) is 30.3 Å². The fraction of sp³-hybridized carbons (Fsp3) is 0.591. The fourth-order valence-corrected chi connectivity index (χ4v) is 3.66. The zero-order valence-corrected chi connectivity index (χ0v) is 18.1. The lowest BCUT2D eigenvalue weighted by atomic mass is 10.2. The zero-order chi connectivity index (χ0) is 20.5. The predicted molar refractivity (Wildman–Crippen MR) is 118 cm³/mol. The van der Waals surface area contributed by atoms with Gasteiger partial charge in [0.1, 0.15) is 12.4 Å². The second kappa shape index (κ2) is 11.0. The molecule has 1 aliphatic rings. The van der Waals surface area contributed by atoms with Crippen LogP contribution in [0.15, 0.2) is 35.3 Å². The van der Waals surface area contributed by atoms with Crippen LogP contribution < -0.4 is 10.6 Å². The number of guanidine groups is 1. The summed E-state index contributed by atoms with van der Waals surface area (Å²) in [6.45, 7) is 8.70. The van der Waals surface area contributed by atoms with Gasteiger partial charge in [0.15, 0.2) is 11.8 Å². The third-order valence-corrected chi connectivity index (χ3v) is 5.62. The van der Waals surface area contributed by atoms with Crippen LogP contribution in [0.1, 0.15) is 49.8 Å². The summed E-state index contributed by atoms with van der Waals surface area (Å²) in [7, 11) is 1.98. The summed E-state index contributed by atoms with van der Waals surface area (Å²) in [5, 5.41) is 15.4. The number of unbranched alkanes of at least 4 members (excludes halogenated alkanes) is 1. The molecular formula is C22H35N7. The summed E-state index contributed by atoms with van der Waals surface area (Å²) in [5.74, 6) is 2.66. The van der Waals surface area contributed by atoms with E-state index in [4.69, 9.17) is 4.99 Å². The quantitative estimate of drug-likeness (QED) is 0.387. The van der Waals surface area contributed by atoms with Crippen LogP contribution >= 0.6 is 0 Å². The number of nitrogens with zero attached hydrogens (tertiary/aromatic N) is 5. The smallest absolute Gasteiger partial charge is 0.191 e. The Labute approximate surface area is 174 Å². The van der Waals surface area contributed by atoms with E-state index in [1.807, 2.05) is 18.5 Å². The zero-order valence-electron chi connectivity index (χ0n) is 18.1. The first-order valence-corrected chi connectivity index (χ1v) is 10.8. The van der Waals surface area contributed by atoms with Crippen LogP contribution in [0.4, 0.5) is 0 Å². The highest BCUT2D eigenvalue weighted by Gasteiger charge is 2.24. The molecule has 0 aliphatic carbocycles. The maximum Gasteiger partial charge on any atom is 0.191 e. The number of hydrogen-bond donors (Lipinski definition) is 2. The molecule has 1 atom stereocenters.